The number of amides is 1. The lowest BCUT2D eigenvalue weighted by molar-refractivity contribution is -0.152. The van der Waals surface area contributed by atoms with E-state index in [1.165, 1.54) is 6.92 Å². The summed E-state index contributed by atoms with van der Waals surface area (Å²) in [7, 11) is 0. The number of Topliss-reactive ketones (excluding diaryl/α,β-unsaturated/α-hetero) is 1. The summed E-state index contributed by atoms with van der Waals surface area (Å²) in [6, 6.07) is 5.38. The van der Waals surface area contributed by atoms with Crippen LogP contribution in [0.15, 0.2) is 30.9 Å². The lowest BCUT2D eigenvalue weighted by Crippen LogP contribution is -2.55. The molecule has 0 bridgehead atoms. The number of anilines is 1. The molecule has 0 radical (unpaired) electrons. The number of carbonyl (C=O) groups excluding carboxylic acids is 3. The van der Waals surface area contributed by atoms with Crippen LogP contribution in [0.1, 0.15) is 56.0 Å². The maximum absolute atomic E-state index is 13.0. The Labute approximate surface area is 165 Å². The van der Waals surface area contributed by atoms with Gasteiger partial charge in [0.05, 0.1) is 11.1 Å². The highest BCUT2D eigenvalue weighted by molar-refractivity contribution is 6.08. The van der Waals surface area contributed by atoms with Gasteiger partial charge in [0.2, 0.25) is 5.91 Å². The standard InChI is InChI=1S/C22H28N2O4/c1-6-22(4,5)21(27)24-15-9-7-8-14-18(15)17(26)10-16-19(14)20(28-13(3)25)12(2)11-23-16/h6-9,12,16,19-20,23H,1,10-11H2,2-5H3,(H,24,27)/t12-,16-,19-,20+/m1/s1. The van der Waals surface area contributed by atoms with Crippen LogP contribution in [0.25, 0.3) is 0 Å². The second kappa shape index (κ2) is 7.51. The second-order valence-corrected chi connectivity index (χ2v) is 8.37. The first-order valence-corrected chi connectivity index (χ1v) is 9.67. The molecule has 0 spiro atoms. The first-order chi connectivity index (χ1) is 13.2. The maximum atomic E-state index is 13.0. The number of benzene rings is 1. The summed E-state index contributed by atoms with van der Waals surface area (Å²) in [6.45, 7) is 11.4. The number of hydrogen-bond donors (Lipinski definition) is 2. The Hall–Kier alpha value is -2.47. The molecule has 1 heterocycles. The number of nitrogens with one attached hydrogen (secondary N) is 2. The minimum atomic E-state index is -0.760. The number of carbonyl (C=O) groups is 3. The Morgan fingerprint density at radius 2 is 2.07 bits per heavy atom. The number of fused-ring (bicyclic) bond motifs is 3. The van der Waals surface area contributed by atoms with Crippen molar-refractivity contribution in [2.45, 2.75) is 52.2 Å². The zero-order valence-corrected chi connectivity index (χ0v) is 16.9. The Balaban J connectivity index is 2.04. The van der Waals surface area contributed by atoms with Gasteiger partial charge in [0, 0.05) is 43.3 Å². The first kappa shape index (κ1) is 20.3. The summed E-state index contributed by atoms with van der Waals surface area (Å²) in [5.41, 5.74) is 1.08. The molecule has 1 aliphatic carbocycles. The molecule has 6 nitrogen and oxygen atoms in total. The lowest BCUT2D eigenvalue weighted by atomic mass is 9.70. The van der Waals surface area contributed by atoms with Gasteiger partial charge in [-0.15, -0.1) is 6.58 Å². The molecule has 3 rings (SSSR count). The van der Waals surface area contributed by atoms with Gasteiger partial charge in [0.25, 0.3) is 0 Å². The topological polar surface area (TPSA) is 84.5 Å². The van der Waals surface area contributed by atoms with Gasteiger partial charge < -0.3 is 15.4 Å². The van der Waals surface area contributed by atoms with Crippen molar-refractivity contribution in [2.75, 3.05) is 11.9 Å². The molecule has 1 aromatic rings. The molecule has 6 heteroatoms. The number of ketones is 1. The van der Waals surface area contributed by atoms with Gasteiger partial charge in [-0.3, -0.25) is 14.4 Å². The van der Waals surface area contributed by atoms with E-state index in [4.69, 9.17) is 4.74 Å². The fourth-order valence-electron chi connectivity index (χ4n) is 4.08. The molecule has 1 saturated heterocycles. The van der Waals surface area contributed by atoms with Gasteiger partial charge in [0.1, 0.15) is 6.10 Å². The van der Waals surface area contributed by atoms with Gasteiger partial charge in [-0.05, 0) is 25.5 Å². The molecule has 1 aromatic carbocycles. The Morgan fingerprint density at radius 1 is 1.36 bits per heavy atom. The van der Waals surface area contributed by atoms with E-state index in [1.54, 1.807) is 26.0 Å². The predicted molar refractivity (Wildman–Crippen MR) is 107 cm³/mol. The third kappa shape index (κ3) is 3.61. The predicted octanol–water partition coefficient (Wildman–Crippen LogP) is 3.05. The molecule has 0 unspecified atom stereocenters. The third-order valence-corrected chi connectivity index (χ3v) is 5.84. The Kier molecular flexibility index (Phi) is 5.44. The van der Waals surface area contributed by atoms with Crippen molar-refractivity contribution >= 4 is 23.3 Å². The number of rotatable bonds is 4. The van der Waals surface area contributed by atoms with Crippen LogP contribution in [0.2, 0.25) is 0 Å². The van der Waals surface area contributed by atoms with E-state index in [0.29, 0.717) is 24.2 Å². The van der Waals surface area contributed by atoms with Crippen LogP contribution in [0.3, 0.4) is 0 Å². The van der Waals surface area contributed by atoms with Crippen LogP contribution in [0, 0.1) is 11.3 Å². The van der Waals surface area contributed by atoms with Crippen LogP contribution in [0.4, 0.5) is 5.69 Å². The van der Waals surface area contributed by atoms with Crippen LogP contribution in [0.5, 0.6) is 0 Å². The average molecular weight is 384 g/mol. The molecule has 2 N–H and O–H groups in total. The smallest absolute Gasteiger partial charge is 0.302 e. The second-order valence-electron chi connectivity index (χ2n) is 8.37. The molecule has 0 saturated carbocycles. The monoisotopic (exact) mass is 384 g/mol. The van der Waals surface area contributed by atoms with E-state index in [9.17, 15) is 14.4 Å². The number of piperidine rings is 1. The van der Waals surface area contributed by atoms with E-state index in [2.05, 4.69) is 17.2 Å². The summed E-state index contributed by atoms with van der Waals surface area (Å²) in [6.07, 6.45) is 1.57. The highest BCUT2D eigenvalue weighted by atomic mass is 16.5. The van der Waals surface area contributed by atoms with Gasteiger partial charge >= 0.3 is 5.97 Å². The van der Waals surface area contributed by atoms with Gasteiger partial charge in [0.15, 0.2) is 5.78 Å². The highest BCUT2D eigenvalue weighted by Gasteiger charge is 2.46. The zero-order valence-electron chi connectivity index (χ0n) is 16.9. The van der Waals surface area contributed by atoms with Crippen molar-refractivity contribution in [2.24, 2.45) is 11.3 Å². The van der Waals surface area contributed by atoms with E-state index in [1.807, 2.05) is 19.1 Å². The third-order valence-electron chi connectivity index (χ3n) is 5.84. The molecule has 28 heavy (non-hydrogen) atoms. The van der Waals surface area contributed by atoms with Crippen molar-refractivity contribution in [1.29, 1.82) is 0 Å². The highest BCUT2D eigenvalue weighted by Crippen LogP contribution is 2.42. The molecule has 1 fully saturated rings. The normalized spacial score (nSPS) is 26.6. The quantitative estimate of drug-likeness (QED) is 0.616. The fourth-order valence-corrected chi connectivity index (χ4v) is 4.08. The number of esters is 1. The van der Waals surface area contributed by atoms with Gasteiger partial charge in [-0.1, -0.05) is 25.1 Å². The van der Waals surface area contributed by atoms with Crippen molar-refractivity contribution in [3.05, 3.63) is 42.0 Å². The molecule has 150 valence electrons. The summed E-state index contributed by atoms with van der Waals surface area (Å²) >= 11 is 0. The Morgan fingerprint density at radius 3 is 2.71 bits per heavy atom. The van der Waals surface area contributed by atoms with Crippen molar-refractivity contribution in [3.8, 4) is 0 Å². The summed E-state index contributed by atoms with van der Waals surface area (Å²) in [4.78, 5) is 37.3. The minimum absolute atomic E-state index is 0.0211. The molecule has 0 aromatic heterocycles. The lowest BCUT2D eigenvalue weighted by Gasteiger charge is -2.45. The number of ether oxygens (including phenoxy) is 1. The first-order valence-electron chi connectivity index (χ1n) is 9.67. The van der Waals surface area contributed by atoms with Crippen LogP contribution in [-0.2, 0) is 14.3 Å². The average Bonchev–Trinajstić information content (AvgIpc) is 2.63. The molecular weight excluding hydrogens is 356 g/mol. The summed E-state index contributed by atoms with van der Waals surface area (Å²) < 4.78 is 5.67. The van der Waals surface area contributed by atoms with E-state index < -0.39 is 5.41 Å². The van der Waals surface area contributed by atoms with Crippen molar-refractivity contribution in [3.63, 3.8) is 0 Å². The number of hydrogen-bond acceptors (Lipinski definition) is 5. The molecule has 2 aliphatic rings. The zero-order chi connectivity index (χ0) is 20.6. The molecular formula is C22H28N2O4. The summed E-state index contributed by atoms with van der Waals surface area (Å²) in [5.74, 6) is -0.591. The Bertz CT molecular complexity index is 830. The van der Waals surface area contributed by atoms with Crippen LogP contribution in [-0.4, -0.2) is 36.4 Å². The van der Waals surface area contributed by atoms with E-state index in [-0.39, 0.29) is 41.6 Å². The van der Waals surface area contributed by atoms with Crippen LogP contribution < -0.4 is 10.6 Å². The van der Waals surface area contributed by atoms with E-state index in [0.717, 1.165) is 5.56 Å². The van der Waals surface area contributed by atoms with Crippen molar-refractivity contribution in [1.82, 2.24) is 5.32 Å². The molecule has 1 amide bonds. The van der Waals surface area contributed by atoms with Crippen LogP contribution >= 0.6 is 0 Å². The maximum Gasteiger partial charge on any atom is 0.302 e. The minimum Gasteiger partial charge on any atom is -0.462 e. The van der Waals surface area contributed by atoms with Crippen molar-refractivity contribution < 1.29 is 19.1 Å². The SMILES string of the molecule is C=CC(C)(C)C(=O)Nc1cccc2c1C(=O)C[C@H]1NC[C@@H](C)[C@H](OC(C)=O)[C@H]21. The largest absolute Gasteiger partial charge is 0.462 e. The van der Waals surface area contributed by atoms with Gasteiger partial charge in [-0.25, -0.2) is 0 Å². The molecule has 1 aliphatic heterocycles. The van der Waals surface area contributed by atoms with E-state index >= 15 is 0 Å². The molecule has 4 atom stereocenters. The summed E-state index contributed by atoms with van der Waals surface area (Å²) in [5, 5.41) is 6.32. The fraction of sp³-hybridized carbons (Fsp3) is 0.500. The van der Waals surface area contributed by atoms with Gasteiger partial charge in [-0.2, -0.15) is 0 Å².